The maximum Gasteiger partial charge on any atom is 0.402 e. The van der Waals surface area contributed by atoms with Crippen molar-refractivity contribution in [2.24, 2.45) is 5.92 Å². The van der Waals surface area contributed by atoms with E-state index in [9.17, 15) is 31.2 Å². The second kappa shape index (κ2) is 9.37. The Morgan fingerprint density at radius 3 is 2.29 bits per heavy atom. The number of nitrogens with zero attached hydrogens (tertiary/aromatic N) is 1. The molecule has 1 aromatic heterocycles. The van der Waals surface area contributed by atoms with E-state index in [1.165, 1.54) is 28.2 Å². The van der Waals surface area contributed by atoms with Crippen LogP contribution < -0.4 is 10.0 Å². The summed E-state index contributed by atoms with van der Waals surface area (Å²) in [4.78, 5) is 26.9. The van der Waals surface area contributed by atoms with Crippen molar-refractivity contribution >= 4 is 38.9 Å². The SMILES string of the molecule is O=C(Nc1ccc(S(=O)(=O)NCC(F)(F)F)cc1)C1CCN(C(=O)c2cccs2)CC1. The number of amides is 2. The Balaban J connectivity index is 1.52. The van der Waals surface area contributed by atoms with Crippen LogP contribution in [0.5, 0.6) is 0 Å². The Hall–Kier alpha value is -2.44. The van der Waals surface area contributed by atoms with Crippen LogP contribution in [0.3, 0.4) is 0 Å². The lowest BCUT2D eigenvalue weighted by Gasteiger charge is -2.31. The number of anilines is 1. The molecule has 12 heteroatoms. The highest BCUT2D eigenvalue weighted by molar-refractivity contribution is 7.89. The average Bonchev–Trinajstić information content (AvgIpc) is 3.27. The first-order valence-electron chi connectivity index (χ1n) is 9.35. The van der Waals surface area contributed by atoms with Crippen molar-refractivity contribution in [3.05, 3.63) is 46.7 Å². The quantitative estimate of drug-likeness (QED) is 0.671. The maximum atomic E-state index is 12.5. The van der Waals surface area contributed by atoms with Gasteiger partial charge in [0.1, 0.15) is 6.54 Å². The Labute approximate surface area is 181 Å². The molecule has 0 saturated carbocycles. The number of piperidine rings is 1. The van der Waals surface area contributed by atoms with Crippen molar-refractivity contribution < 1.29 is 31.2 Å². The number of hydrogen-bond acceptors (Lipinski definition) is 5. The molecule has 0 aliphatic carbocycles. The summed E-state index contributed by atoms with van der Waals surface area (Å²) in [6.07, 6.45) is -3.67. The summed E-state index contributed by atoms with van der Waals surface area (Å²) in [6, 6.07) is 8.44. The summed E-state index contributed by atoms with van der Waals surface area (Å²) in [5.74, 6) is -0.608. The van der Waals surface area contributed by atoms with Crippen LogP contribution in [0.1, 0.15) is 22.5 Å². The zero-order valence-corrected chi connectivity index (χ0v) is 17.8. The zero-order valence-electron chi connectivity index (χ0n) is 16.2. The number of thiophene rings is 1. The minimum Gasteiger partial charge on any atom is -0.338 e. The molecule has 0 radical (unpaired) electrons. The van der Waals surface area contributed by atoms with E-state index in [-0.39, 0.29) is 22.6 Å². The first-order chi connectivity index (χ1) is 14.5. The van der Waals surface area contributed by atoms with Gasteiger partial charge in [-0.15, -0.1) is 11.3 Å². The number of alkyl halides is 3. The Kier molecular flexibility index (Phi) is 7.02. The van der Waals surface area contributed by atoms with Crippen LogP contribution in [0, 0.1) is 5.92 Å². The highest BCUT2D eigenvalue weighted by Gasteiger charge is 2.30. The molecule has 0 bridgehead atoms. The van der Waals surface area contributed by atoms with Crippen LogP contribution in [-0.2, 0) is 14.8 Å². The van der Waals surface area contributed by atoms with Crippen molar-refractivity contribution in [3.8, 4) is 0 Å². The third-order valence-electron chi connectivity index (χ3n) is 4.78. The highest BCUT2D eigenvalue weighted by atomic mass is 32.2. The van der Waals surface area contributed by atoms with Crippen LogP contribution in [0.15, 0.2) is 46.7 Å². The Morgan fingerprint density at radius 2 is 1.74 bits per heavy atom. The molecule has 3 rings (SSSR count). The molecule has 2 heterocycles. The summed E-state index contributed by atoms with van der Waals surface area (Å²) < 4.78 is 62.0. The summed E-state index contributed by atoms with van der Waals surface area (Å²) >= 11 is 1.37. The van der Waals surface area contributed by atoms with E-state index in [4.69, 9.17) is 0 Å². The van der Waals surface area contributed by atoms with Crippen molar-refractivity contribution in [2.45, 2.75) is 23.9 Å². The lowest BCUT2D eigenvalue weighted by molar-refractivity contribution is -0.122. The third kappa shape index (κ3) is 6.28. The topological polar surface area (TPSA) is 95.6 Å². The molecule has 2 aromatic rings. The normalized spacial score (nSPS) is 15.6. The van der Waals surface area contributed by atoms with Crippen molar-refractivity contribution in [3.63, 3.8) is 0 Å². The number of sulfonamides is 1. The molecule has 7 nitrogen and oxygen atoms in total. The highest BCUT2D eigenvalue weighted by Crippen LogP contribution is 2.23. The first kappa shape index (κ1) is 23.2. The van der Waals surface area contributed by atoms with Gasteiger partial charge in [-0.2, -0.15) is 13.2 Å². The Morgan fingerprint density at radius 1 is 1.10 bits per heavy atom. The molecular weight excluding hydrogens is 455 g/mol. The van der Waals surface area contributed by atoms with E-state index in [0.717, 1.165) is 12.1 Å². The fraction of sp³-hybridized carbons (Fsp3) is 0.368. The molecule has 1 fully saturated rings. The lowest BCUT2D eigenvalue weighted by Crippen LogP contribution is -2.41. The molecule has 1 aliphatic heterocycles. The number of hydrogen-bond donors (Lipinski definition) is 2. The van der Waals surface area contributed by atoms with Gasteiger partial charge in [0, 0.05) is 24.7 Å². The van der Waals surface area contributed by atoms with E-state index >= 15 is 0 Å². The fourth-order valence-electron chi connectivity index (χ4n) is 3.12. The van der Waals surface area contributed by atoms with Gasteiger partial charge in [0.25, 0.3) is 5.91 Å². The first-order valence-corrected chi connectivity index (χ1v) is 11.7. The second-order valence-corrected chi connectivity index (χ2v) is 9.71. The van der Waals surface area contributed by atoms with E-state index in [0.29, 0.717) is 36.5 Å². The summed E-state index contributed by atoms with van der Waals surface area (Å²) in [5, 5.41) is 4.51. The maximum absolute atomic E-state index is 12.5. The minimum atomic E-state index is -4.66. The smallest absolute Gasteiger partial charge is 0.338 e. The van der Waals surface area contributed by atoms with Crippen LogP contribution in [0.2, 0.25) is 0 Å². The van der Waals surface area contributed by atoms with Crippen molar-refractivity contribution in [2.75, 3.05) is 25.0 Å². The van der Waals surface area contributed by atoms with E-state index < -0.39 is 22.7 Å². The van der Waals surface area contributed by atoms with Gasteiger partial charge in [-0.1, -0.05) is 6.07 Å². The molecule has 31 heavy (non-hydrogen) atoms. The van der Waals surface area contributed by atoms with Crippen LogP contribution >= 0.6 is 11.3 Å². The van der Waals surface area contributed by atoms with E-state index in [1.54, 1.807) is 17.0 Å². The number of carbonyl (C=O) groups is 2. The molecule has 2 amide bonds. The minimum absolute atomic E-state index is 0.0511. The van der Waals surface area contributed by atoms with Gasteiger partial charge in [-0.3, -0.25) is 9.59 Å². The predicted octanol–water partition coefficient (Wildman–Crippen LogP) is 3.08. The van der Waals surface area contributed by atoms with Gasteiger partial charge in [0.2, 0.25) is 15.9 Å². The molecule has 0 spiro atoms. The number of halogens is 3. The van der Waals surface area contributed by atoms with Crippen molar-refractivity contribution in [1.82, 2.24) is 9.62 Å². The average molecular weight is 476 g/mol. The largest absolute Gasteiger partial charge is 0.402 e. The number of benzene rings is 1. The summed E-state index contributed by atoms with van der Waals surface area (Å²) in [6.45, 7) is -0.755. The Bertz CT molecular complexity index is 1010. The number of likely N-dealkylation sites (tertiary alicyclic amines) is 1. The zero-order chi connectivity index (χ0) is 22.6. The standard InChI is InChI=1S/C19H20F3N3O4S2/c20-19(21,22)12-23-31(28,29)15-5-3-14(4-6-15)24-17(26)13-7-9-25(10-8-13)18(27)16-2-1-11-30-16/h1-6,11,13,23H,7-10,12H2,(H,24,26). The number of nitrogens with one attached hydrogen (secondary N) is 2. The van der Waals surface area contributed by atoms with Crippen LogP contribution in [0.4, 0.5) is 18.9 Å². The van der Waals surface area contributed by atoms with Crippen molar-refractivity contribution in [1.29, 1.82) is 0 Å². The molecule has 1 saturated heterocycles. The monoisotopic (exact) mass is 475 g/mol. The number of carbonyl (C=O) groups excluding carboxylic acids is 2. The summed E-state index contributed by atoms with van der Waals surface area (Å²) in [7, 11) is -4.31. The van der Waals surface area contributed by atoms with Gasteiger partial charge >= 0.3 is 6.18 Å². The molecule has 0 unspecified atom stereocenters. The van der Waals surface area contributed by atoms with Gasteiger partial charge < -0.3 is 10.2 Å². The molecule has 0 atom stereocenters. The lowest BCUT2D eigenvalue weighted by atomic mass is 9.95. The molecule has 1 aliphatic rings. The van der Waals surface area contributed by atoms with Gasteiger partial charge in [-0.05, 0) is 48.6 Å². The molecule has 168 valence electrons. The molecule has 1 aromatic carbocycles. The second-order valence-electron chi connectivity index (χ2n) is 7.00. The van der Waals surface area contributed by atoms with Crippen LogP contribution in [0.25, 0.3) is 0 Å². The van der Waals surface area contributed by atoms with Gasteiger partial charge in [-0.25, -0.2) is 13.1 Å². The van der Waals surface area contributed by atoms with E-state index in [1.807, 2.05) is 5.38 Å². The third-order valence-corrected chi connectivity index (χ3v) is 7.05. The van der Waals surface area contributed by atoms with Gasteiger partial charge in [0.05, 0.1) is 9.77 Å². The van der Waals surface area contributed by atoms with Gasteiger partial charge in [0.15, 0.2) is 0 Å². The number of rotatable bonds is 6. The molecule has 2 N–H and O–H groups in total. The molecular formula is C19H20F3N3O4S2. The summed E-state index contributed by atoms with van der Waals surface area (Å²) in [5.41, 5.74) is 0.330. The predicted molar refractivity (Wildman–Crippen MR) is 109 cm³/mol. The van der Waals surface area contributed by atoms with Crippen LogP contribution in [-0.4, -0.2) is 50.9 Å². The fourth-order valence-corrected chi connectivity index (χ4v) is 4.83. The van der Waals surface area contributed by atoms with E-state index in [2.05, 4.69) is 5.32 Å².